The topological polar surface area (TPSA) is 89.5 Å². The number of aromatic carboxylic acids is 1. The summed E-state index contributed by atoms with van der Waals surface area (Å²) in [5, 5.41) is 22.6. The van der Waals surface area contributed by atoms with Crippen molar-refractivity contribution in [1.29, 1.82) is 0 Å². The van der Waals surface area contributed by atoms with Crippen molar-refractivity contribution >= 4 is 29.2 Å². The van der Waals surface area contributed by atoms with Gasteiger partial charge in [0.15, 0.2) is 18.2 Å². The molecule has 1 atom stereocenters. The molecule has 6 nitrogen and oxygen atoms in total. The number of allylic oxidation sites excluding steroid dienone is 1. The minimum atomic E-state index is -4.88. The van der Waals surface area contributed by atoms with Crippen molar-refractivity contribution in [3.05, 3.63) is 45.5 Å². The fourth-order valence-corrected chi connectivity index (χ4v) is 2.15. The van der Waals surface area contributed by atoms with E-state index in [-0.39, 0.29) is 6.08 Å². The number of nitrogens with zero attached hydrogens (tertiary/aromatic N) is 1. The van der Waals surface area contributed by atoms with Gasteiger partial charge in [-0.15, -0.1) is 0 Å². The molecule has 0 saturated carbocycles. The summed E-state index contributed by atoms with van der Waals surface area (Å²) in [5.41, 5.74) is -3.06. The predicted molar refractivity (Wildman–Crippen MR) is 70.7 cm³/mol. The van der Waals surface area contributed by atoms with Gasteiger partial charge in [-0.1, -0.05) is 11.6 Å². The molecule has 1 unspecified atom stereocenters. The summed E-state index contributed by atoms with van der Waals surface area (Å²) >= 11 is 5.51. The van der Waals surface area contributed by atoms with E-state index >= 15 is 0 Å². The minimum absolute atomic E-state index is 0.00495. The Morgan fingerprint density at radius 2 is 2.00 bits per heavy atom. The molecule has 0 fully saturated rings. The number of nitrogens with one attached hydrogen (secondary N) is 1. The monoisotopic (exact) mass is 354 g/mol. The first-order valence-corrected chi connectivity index (χ1v) is 6.24. The van der Waals surface area contributed by atoms with E-state index in [2.05, 4.69) is 0 Å². The molecule has 1 heterocycles. The van der Waals surface area contributed by atoms with Gasteiger partial charge in [0, 0.05) is 6.07 Å². The fourth-order valence-electron chi connectivity index (χ4n) is 1.92. The van der Waals surface area contributed by atoms with E-state index in [0.29, 0.717) is 12.1 Å². The highest BCUT2D eigenvalue weighted by atomic mass is 35.5. The van der Waals surface area contributed by atoms with Gasteiger partial charge in [-0.3, -0.25) is 0 Å². The maximum Gasteiger partial charge on any atom is 0.431 e. The molecule has 0 aromatic heterocycles. The molecule has 2 rings (SSSR count). The Hall–Kier alpha value is -2.17. The van der Waals surface area contributed by atoms with Gasteiger partial charge >= 0.3 is 18.1 Å². The third-order valence-electron chi connectivity index (χ3n) is 3.08. The molecule has 11 heteroatoms. The lowest BCUT2D eigenvalue weighted by Crippen LogP contribution is -2.58. The molecule has 0 bridgehead atoms. The van der Waals surface area contributed by atoms with Gasteiger partial charge in [0.25, 0.3) is 0 Å². The van der Waals surface area contributed by atoms with Gasteiger partial charge in [0.05, 0.1) is 16.7 Å². The van der Waals surface area contributed by atoms with Crippen LogP contribution in [0.1, 0.15) is 10.4 Å². The van der Waals surface area contributed by atoms with Crippen LogP contribution in [0.25, 0.3) is 0 Å². The molecule has 2 N–H and O–H groups in total. The fraction of sp³-hybridized carbons (Fsp3) is 0.167. The van der Waals surface area contributed by atoms with Crippen molar-refractivity contribution in [3.8, 4) is 0 Å². The van der Waals surface area contributed by atoms with Crippen LogP contribution >= 0.6 is 11.6 Å². The summed E-state index contributed by atoms with van der Waals surface area (Å²) in [6, 6.07) is 1.04. The lowest BCUT2D eigenvalue weighted by atomic mass is 10.1. The van der Waals surface area contributed by atoms with E-state index in [4.69, 9.17) is 16.7 Å². The second-order valence-electron chi connectivity index (χ2n) is 4.56. The molecule has 1 aromatic carbocycles. The highest BCUT2D eigenvalue weighted by molar-refractivity contribution is 6.33. The summed E-state index contributed by atoms with van der Waals surface area (Å²) < 4.78 is 49.3. The van der Waals surface area contributed by atoms with Gasteiger partial charge in [-0.05, 0) is 6.07 Å². The number of carboxylic acids is 1. The van der Waals surface area contributed by atoms with Crippen LogP contribution in [-0.2, 0) is 4.79 Å². The third-order valence-corrected chi connectivity index (χ3v) is 3.39. The van der Waals surface area contributed by atoms with E-state index in [1.165, 1.54) is 0 Å². The predicted octanol–water partition coefficient (Wildman–Crippen LogP) is 2.52. The number of carbonyl (C=O) groups excluding carboxylic acids is 1. The smallest absolute Gasteiger partial charge is 0.431 e. The van der Waals surface area contributed by atoms with Gasteiger partial charge < -0.3 is 15.6 Å². The van der Waals surface area contributed by atoms with E-state index in [0.717, 1.165) is 0 Å². The second kappa shape index (κ2) is 5.48. The van der Waals surface area contributed by atoms with Crippen LogP contribution in [0.5, 0.6) is 0 Å². The number of amides is 1. The summed E-state index contributed by atoms with van der Waals surface area (Å²) in [6.45, 7) is -1.15. The van der Waals surface area contributed by atoms with Crippen molar-refractivity contribution in [2.24, 2.45) is 0 Å². The standard InChI is InChI=1S/C12H7ClF4N2O4/c13-6-2-7(14)8(1-5(6)11(21)22)19(23)4-18-9(3-10(19)20)12(15,16)17/h1-3,18H,4H2,(H,21,22). The number of hydroxylamine groups is 2. The van der Waals surface area contributed by atoms with E-state index in [9.17, 15) is 32.4 Å². The summed E-state index contributed by atoms with van der Waals surface area (Å²) in [5.74, 6) is -4.51. The first-order chi connectivity index (χ1) is 10.5. The largest absolute Gasteiger partial charge is 0.618 e. The Morgan fingerprint density at radius 1 is 1.39 bits per heavy atom. The quantitative estimate of drug-likeness (QED) is 0.484. The first-order valence-electron chi connectivity index (χ1n) is 5.86. The van der Waals surface area contributed by atoms with Gasteiger partial charge in [-0.2, -0.15) is 13.2 Å². The molecule has 1 aliphatic heterocycles. The summed E-state index contributed by atoms with van der Waals surface area (Å²) in [4.78, 5) is 22.7. The number of rotatable bonds is 2. The maximum absolute atomic E-state index is 13.9. The van der Waals surface area contributed by atoms with Crippen LogP contribution in [0.4, 0.5) is 23.2 Å². The van der Waals surface area contributed by atoms with Crippen LogP contribution in [0.15, 0.2) is 23.9 Å². The Balaban J connectivity index is 2.55. The van der Waals surface area contributed by atoms with Crippen LogP contribution in [-0.4, -0.2) is 29.8 Å². The van der Waals surface area contributed by atoms with Crippen molar-refractivity contribution in [2.45, 2.75) is 6.18 Å². The number of halogens is 5. The zero-order chi connectivity index (χ0) is 17.6. The summed E-state index contributed by atoms with van der Waals surface area (Å²) in [6.07, 6.45) is -4.88. The molecule has 0 aliphatic carbocycles. The van der Waals surface area contributed by atoms with Crippen molar-refractivity contribution in [1.82, 2.24) is 9.96 Å². The molecule has 1 aromatic rings. The molecule has 23 heavy (non-hydrogen) atoms. The van der Waals surface area contributed by atoms with Crippen LogP contribution < -0.4 is 9.96 Å². The SMILES string of the molecule is O=C(O)c1cc([N+]2([O-])CNC(C(F)(F)F)=CC2=O)c(F)cc1Cl. The van der Waals surface area contributed by atoms with Gasteiger partial charge in [0.2, 0.25) is 0 Å². The Kier molecular flexibility index (Phi) is 4.09. The average molecular weight is 355 g/mol. The third kappa shape index (κ3) is 3.00. The van der Waals surface area contributed by atoms with E-state index in [1.54, 1.807) is 5.32 Å². The van der Waals surface area contributed by atoms with Crippen molar-refractivity contribution in [3.63, 3.8) is 0 Å². The number of hydrogen-bond acceptors (Lipinski definition) is 4. The lowest BCUT2D eigenvalue weighted by Gasteiger charge is -2.41. The minimum Gasteiger partial charge on any atom is -0.618 e. The molecule has 1 amide bonds. The number of quaternary nitrogens is 1. The molecule has 0 spiro atoms. The zero-order valence-corrected chi connectivity index (χ0v) is 11.7. The molecule has 0 radical (unpaired) electrons. The number of alkyl halides is 3. The molecular weight excluding hydrogens is 348 g/mol. The molecule has 124 valence electrons. The number of benzene rings is 1. The van der Waals surface area contributed by atoms with Crippen LogP contribution in [0.2, 0.25) is 5.02 Å². The molecule has 0 saturated heterocycles. The van der Waals surface area contributed by atoms with E-state index in [1.807, 2.05) is 0 Å². The maximum atomic E-state index is 13.9. The lowest BCUT2D eigenvalue weighted by molar-refractivity contribution is -0.128. The van der Waals surface area contributed by atoms with Crippen LogP contribution in [0.3, 0.4) is 0 Å². The van der Waals surface area contributed by atoms with Crippen molar-refractivity contribution in [2.75, 3.05) is 6.67 Å². The van der Waals surface area contributed by atoms with Gasteiger partial charge in [0.1, 0.15) is 5.70 Å². The van der Waals surface area contributed by atoms with Gasteiger partial charge in [-0.25, -0.2) is 18.6 Å². The highest BCUT2D eigenvalue weighted by Crippen LogP contribution is 2.34. The average Bonchev–Trinajstić information content (AvgIpc) is 2.40. The number of hydrogen-bond donors (Lipinski definition) is 2. The Labute approximate surface area is 130 Å². The first kappa shape index (κ1) is 17.2. The molecule has 1 aliphatic rings. The Bertz CT molecular complexity index is 735. The zero-order valence-electron chi connectivity index (χ0n) is 10.9. The summed E-state index contributed by atoms with van der Waals surface area (Å²) in [7, 11) is 0. The number of carbonyl (C=O) groups is 2. The molecular formula is C12H7ClF4N2O4. The Morgan fingerprint density at radius 3 is 2.48 bits per heavy atom. The number of carboxylic acid groups (broad SMARTS) is 1. The van der Waals surface area contributed by atoms with E-state index < -0.39 is 57.2 Å². The normalized spacial score (nSPS) is 21.7. The van der Waals surface area contributed by atoms with Crippen LogP contribution in [0, 0.1) is 11.0 Å². The second-order valence-corrected chi connectivity index (χ2v) is 4.96. The highest BCUT2D eigenvalue weighted by Gasteiger charge is 2.43. The van der Waals surface area contributed by atoms with Crippen molar-refractivity contribution < 1.29 is 32.3 Å².